The Morgan fingerprint density at radius 2 is 2.09 bits per heavy atom. The first-order valence-corrected chi connectivity index (χ1v) is 7.53. The van der Waals surface area contributed by atoms with Crippen LogP contribution < -0.4 is 4.74 Å². The van der Waals surface area contributed by atoms with Crippen molar-refractivity contribution in [3.63, 3.8) is 0 Å². The molecule has 0 unspecified atom stereocenters. The number of nitriles is 1. The largest absolute Gasteiger partial charge is 0.491 e. The minimum atomic E-state index is -0.960. The average Bonchev–Trinajstić information content (AvgIpc) is 3.13. The monoisotopic (exact) mass is 315 g/mol. The Kier molecular flexibility index (Phi) is 4.17. The number of rotatable bonds is 5. The van der Waals surface area contributed by atoms with Gasteiger partial charge in [-0.15, -0.1) is 0 Å². The Bertz CT molecular complexity index is 630. The van der Waals surface area contributed by atoms with E-state index >= 15 is 0 Å². The van der Waals surface area contributed by atoms with E-state index in [-0.39, 0.29) is 31.1 Å². The number of nitrogens with zero attached hydrogens (tertiary/aromatic N) is 3. The minimum Gasteiger partial charge on any atom is -0.491 e. The number of benzene rings is 1. The van der Waals surface area contributed by atoms with Crippen molar-refractivity contribution in [1.29, 1.82) is 5.26 Å². The zero-order chi connectivity index (χ0) is 16.4. The van der Waals surface area contributed by atoms with Crippen molar-refractivity contribution in [1.82, 2.24) is 9.80 Å². The predicted octanol–water partition coefficient (Wildman–Crippen LogP) is 0.725. The molecule has 2 fully saturated rings. The molecule has 0 bridgehead atoms. The van der Waals surface area contributed by atoms with Crippen molar-refractivity contribution in [2.45, 2.75) is 25.0 Å². The van der Waals surface area contributed by atoms with Gasteiger partial charge in [0.15, 0.2) is 0 Å². The lowest BCUT2D eigenvalue weighted by molar-refractivity contribution is -0.129. The summed E-state index contributed by atoms with van der Waals surface area (Å²) < 4.78 is 5.42. The van der Waals surface area contributed by atoms with Crippen LogP contribution in [0.3, 0.4) is 0 Å². The van der Waals surface area contributed by atoms with Crippen molar-refractivity contribution >= 4 is 11.9 Å². The number of imide groups is 1. The van der Waals surface area contributed by atoms with E-state index in [1.165, 1.54) is 0 Å². The smallest absolute Gasteiger partial charge is 0.327 e. The highest BCUT2D eigenvalue weighted by molar-refractivity contribution is 6.04. The number of fused-ring (bicyclic) bond motifs is 1. The molecule has 2 heterocycles. The van der Waals surface area contributed by atoms with Gasteiger partial charge in [-0.25, -0.2) is 4.79 Å². The molecule has 0 radical (unpaired) electrons. The summed E-state index contributed by atoms with van der Waals surface area (Å²) in [5.74, 6) is 0.285. The first-order valence-electron chi connectivity index (χ1n) is 7.53. The summed E-state index contributed by atoms with van der Waals surface area (Å²) in [6.07, 6.45) is 0.581. The fourth-order valence-corrected chi connectivity index (χ4v) is 2.93. The molecule has 2 aliphatic heterocycles. The molecule has 2 atom stereocenters. The first-order chi connectivity index (χ1) is 11.1. The van der Waals surface area contributed by atoms with Crippen LogP contribution in [-0.4, -0.2) is 58.7 Å². The molecule has 7 heteroatoms. The number of hydrogen-bond acceptors (Lipinski definition) is 5. The molecule has 1 aromatic carbocycles. The molecule has 2 saturated heterocycles. The molecule has 0 saturated carbocycles. The van der Waals surface area contributed by atoms with Gasteiger partial charge in [-0.1, -0.05) is 0 Å². The number of carbonyl (C=O) groups excluding carboxylic acids is 2. The molecule has 120 valence electrons. The topological polar surface area (TPSA) is 93.9 Å². The van der Waals surface area contributed by atoms with Gasteiger partial charge in [-0.05, 0) is 37.1 Å². The van der Waals surface area contributed by atoms with Crippen molar-refractivity contribution < 1.29 is 19.4 Å². The summed E-state index contributed by atoms with van der Waals surface area (Å²) in [5.41, 5.74) is 0.520. The second-order valence-electron chi connectivity index (χ2n) is 5.68. The number of amides is 3. The molecule has 0 spiro atoms. The zero-order valence-electron chi connectivity index (χ0n) is 12.5. The van der Waals surface area contributed by atoms with Crippen molar-refractivity contribution in [3.05, 3.63) is 29.8 Å². The van der Waals surface area contributed by atoms with Gasteiger partial charge < -0.3 is 14.7 Å². The Hall–Kier alpha value is -2.59. The van der Waals surface area contributed by atoms with E-state index in [4.69, 9.17) is 10.00 Å². The van der Waals surface area contributed by atoms with Crippen molar-refractivity contribution in [3.8, 4) is 11.8 Å². The maximum absolute atomic E-state index is 12.2. The molecule has 1 aromatic rings. The Balaban J connectivity index is 1.53. The van der Waals surface area contributed by atoms with Crippen LogP contribution in [0.15, 0.2) is 24.3 Å². The van der Waals surface area contributed by atoms with Crippen molar-refractivity contribution in [2.75, 3.05) is 19.7 Å². The van der Waals surface area contributed by atoms with Crippen LogP contribution in [-0.2, 0) is 4.79 Å². The number of aliphatic hydroxyl groups excluding tert-OH is 1. The lowest BCUT2D eigenvalue weighted by Crippen LogP contribution is -2.41. The fraction of sp³-hybridized carbons (Fsp3) is 0.438. The third kappa shape index (κ3) is 2.98. The Morgan fingerprint density at radius 1 is 1.35 bits per heavy atom. The van der Waals surface area contributed by atoms with Gasteiger partial charge in [0.1, 0.15) is 24.5 Å². The summed E-state index contributed by atoms with van der Waals surface area (Å²) in [5, 5.41) is 18.7. The maximum atomic E-state index is 12.2. The van der Waals surface area contributed by atoms with Gasteiger partial charge in [0.05, 0.1) is 18.2 Å². The van der Waals surface area contributed by atoms with Crippen LogP contribution in [0.5, 0.6) is 5.75 Å². The maximum Gasteiger partial charge on any atom is 0.327 e. The summed E-state index contributed by atoms with van der Waals surface area (Å²) in [4.78, 5) is 27.0. The van der Waals surface area contributed by atoms with Crippen LogP contribution >= 0.6 is 0 Å². The minimum absolute atomic E-state index is 0.0341. The highest BCUT2D eigenvalue weighted by Crippen LogP contribution is 2.27. The van der Waals surface area contributed by atoms with Gasteiger partial charge >= 0.3 is 6.03 Å². The second kappa shape index (κ2) is 6.26. The summed E-state index contributed by atoms with van der Waals surface area (Å²) >= 11 is 0. The highest BCUT2D eigenvalue weighted by atomic mass is 16.5. The SMILES string of the molecule is N#Cc1ccc(OC[C@@H](O)CN2C(=O)[C@H]3CCCN3C2=O)cc1. The number of carbonyl (C=O) groups is 2. The van der Waals surface area contributed by atoms with Crippen LogP contribution in [0.25, 0.3) is 0 Å². The molecular formula is C16H17N3O4. The molecule has 2 aliphatic rings. The molecule has 23 heavy (non-hydrogen) atoms. The van der Waals surface area contributed by atoms with E-state index in [2.05, 4.69) is 0 Å². The van der Waals surface area contributed by atoms with E-state index in [9.17, 15) is 14.7 Å². The van der Waals surface area contributed by atoms with E-state index in [1.54, 1.807) is 29.2 Å². The number of hydrogen-bond donors (Lipinski definition) is 1. The first kappa shape index (κ1) is 15.3. The Labute approximate surface area is 133 Å². The van der Waals surface area contributed by atoms with Gasteiger partial charge in [0.25, 0.3) is 5.91 Å². The van der Waals surface area contributed by atoms with Crippen LogP contribution in [0.2, 0.25) is 0 Å². The number of urea groups is 1. The average molecular weight is 315 g/mol. The highest BCUT2D eigenvalue weighted by Gasteiger charge is 2.47. The third-order valence-corrected chi connectivity index (χ3v) is 4.10. The number of ether oxygens (including phenoxy) is 1. The predicted molar refractivity (Wildman–Crippen MR) is 79.5 cm³/mol. The molecular weight excluding hydrogens is 298 g/mol. The van der Waals surface area contributed by atoms with Crippen LogP contribution in [0.1, 0.15) is 18.4 Å². The molecule has 3 amide bonds. The fourth-order valence-electron chi connectivity index (χ4n) is 2.93. The van der Waals surface area contributed by atoms with Gasteiger partial charge in [0.2, 0.25) is 0 Å². The summed E-state index contributed by atoms with van der Waals surface area (Å²) in [6, 6.07) is 7.82. The molecule has 0 aliphatic carbocycles. The number of β-amino-alcohol motifs (C(OH)–C–C–N with tert-alkyl or cyclic N) is 1. The summed E-state index contributed by atoms with van der Waals surface area (Å²) in [7, 11) is 0. The van der Waals surface area contributed by atoms with Gasteiger partial charge in [-0.2, -0.15) is 5.26 Å². The zero-order valence-corrected chi connectivity index (χ0v) is 12.5. The molecule has 1 N–H and O–H groups in total. The van der Waals surface area contributed by atoms with E-state index in [1.807, 2.05) is 6.07 Å². The quantitative estimate of drug-likeness (QED) is 0.808. The molecule has 7 nitrogen and oxygen atoms in total. The molecule has 3 rings (SSSR count). The normalized spacial score (nSPS) is 21.3. The number of aliphatic hydroxyl groups is 1. The van der Waals surface area contributed by atoms with E-state index in [0.29, 0.717) is 24.3 Å². The lowest BCUT2D eigenvalue weighted by atomic mass is 10.2. The standard InChI is InChI=1S/C16H17N3O4/c17-8-11-3-5-13(6-4-11)23-10-12(20)9-19-15(21)14-2-1-7-18(14)16(19)22/h3-6,12,14,20H,1-2,7,9-10H2/t12-,14+/m0/s1. The summed E-state index contributed by atoms with van der Waals surface area (Å²) in [6.45, 7) is 0.498. The van der Waals surface area contributed by atoms with Crippen molar-refractivity contribution in [2.24, 2.45) is 0 Å². The van der Waals surface area contributed by atoms with Gasteiger partial charge in [0, 0.05) is 6.54 Å². The third-order valence-electron chi connectivity index (χ3n) is 4.10. The Morgan fingerprint density at radius 3 is 2.74 bits per heavy atom. The van der Waals surface area contributed by atoms with Crippen LogP contribution in [0.4, 0.5) is 4.79 Å². The van der Waals surface area contributed by atoms with Crippen LogP contribution in [0, 0.1) is 11.3 Å². The second-order valence-corrected chi connectivity index (χ2v) is 5.68. The lowest BCUT2D eigenvalue weighted by Gasteiger charge is -2.19. The van der Waals surface area contributed by atoms with Gasteiger partial charge in [-0.3, -0.25) is 9.69 Å². The van der Waals surface area contributed by atoms with E-state index < -0.39 is 6.10 Å². The van der Waals surface area contributed by atoms with E-state index in [0.717, 1.165) is 11.3 Å². The molecule has 0 aromatic heterocycles.